The average Bonchev–Trinajstić information content (AvgIpc) is 2.29. The number of methoxy groups -OCH3 is 1. The van der Waals surface area contributed by atoms with Crippen LogP contribution in [0.1, 0.15) is 20.3 Å². The monoisotopic (exact) mass is 237 g/mol. The van der Waals surface area contributed by atoms with Gasteiger partial charge in [0, 0.05) is 17.3 Å². The van der Waals surface area contributed by atoms with Crippen LogP contribution in [0.5, 0.6) is 5.75 Å². The Labute approximate surface area is 100 Å². The summed E-state index contributed by atoms with van der Waals surface area (Å²) in [5.41, 5.74) is 1.03. The number of ether oxygens (including phenoxy) is 1. The molecule has 0 heterocycles. The maximum atomic E-state index is 13.4. The van der Waals surface area contributed by atoms with Crippen molar-refractivity contribution in [1.29, 1.82) is 0 Å². The molecular weight excluding hydrogens is 221 g/mol. The molecule has 0 aliphatic rings. The minimum absolute atomic E-state index is 0.156. The Hall–Kier alpha value is -1.84. The Morgan fingerprint density at radius 2 is 2.24 bits per heavy atom. The van der Waals surface area contributed by atoms with E-state index in [1.54, 1.807) is 13.0 Å². The fourth-order valence-electron chi connectivity index (χ4n) is 1.37. The van der Waals surface area contributed by atoms with Gasteiger partial charge in [-0.25, -0.2) is 4.39 Å². The maximum Gasteiger partial charge on any atom is 0.250 e. The van der Waals surface area contributed by atoms with E-state index in [-0.39, 0.29) is 11.7 Å². The van der Waals surface area contributed by atoms with Crippen LogP contribution in [-0.2, 0) is 4.79 Å². The van der Waals surface area contributed by atoms with Crippen molar-refractivity contribution in [3.05, 3.63) is 35.7 Å². The molecule has 0 aromatic heterocycles. The molecule has 1 amide bonds. The molecule has 17 heavy (non-hydrogen) atoms. The second-order valence-corrected chi connectivity index (χ2v) is 3.60. The molecule has 0 radical (unpaired) electrons. The van der Waals surface area contributed by atoms with Gasteiger partial charge in [-0.2, -0.15) is 0 Å². The molecule has 0 saturated heterocycles. The van der Waals surface area contributed by atoms with Crippen molar-refractivity contribution in [1.82, 2.24) is 0 Å². The molecule has 0 atom stereocenters. The number of halogens is 1. The number of hydrogen-bond acceptors (Lipinski definition) is 2. The Balaban J connectivity index is 2.79. The standard InChI is InChI=1S/C13H16FNO2/c1-4-5-9(2)13(16)15-10-6-7-12(17-3)11(14)8-10/h5-8H,4H2,1-3H3,(H,15,16). The molecule has 0 saturated carbocycles. The van der Waals surface area contributed by atoms with E-state index in [0.717, 1.165) is 6.42 Å². The molecule has 0 unspecified atom stereocenters. The highest BCUT2D eigenvalue weighted by molar-refractivity contribution is 6.03. The van der Waals surface area contributed by atoms with Crippen molar-refractivity contribution in [2.45, 2.75) is 20.3 Å². The van der Waals surface area contributed by atoms with E-state index >= 15 is 0 Å². The first-order valence-electron chi connectivity index (χ1n) is 5.40. The lowest BCUT2D eigenvalue weighted by Gasteiger charge is -2.07. The number of hydrogen-bond donors (Lipinski definition) is 1. The Kier molecular flexibility index (Phi) is 4.69. The summed E-state index contributed by atoms with van der Waals surface area (Å²) in [5, 5.41) is 2.62. The van der Waals surface area contributed by atoms with Gasteiger partial charge in [-0.3, -0.25) is 4.79 Å². The van der Waals surface area contributed by atoms with Crippen LogP contribution >= 0.6 is 0 Å². The molecule has 0 bridgehead atoms. The van der Waals surface area contributed by atoms with Crippen LogP contribution in [0.4, 0.5) is 10.1 Å². The minimum atomic E-state index is -0.498. The summed E-state index contributed by atoms with van der Waals surface area (Å²) in [4.78, 5) is 11.6. The van der Waals surface area contributed by atoms with Gasteiger partial charge in [0.2, 0.25) is 0 Å². The smallest absolute Gasteiger partial charge is 0.250 e. The first-order chi connectivity index (χ1) is 8.08. The van der Waals surface area contributed by atoms with Gasteiger partial charge in [0.05, 0.1) is 7.11 Å². The van der Waals surface area contributed by atoms with Crippen molar-refractivity contribution in [2.75, 3.05) is 12.4 Å². The molecule has 1 aromatic carbocycles. The molecule has 1 rings (SSSR count). The van der Waals surface area contributed by atoms with Gasteiger partial charge in [-0.15, -0.1) is 0 Å². The van der Waals surface area contributed by atoms with Gasteiger partial charge in [-0.1, -0.05) is 13.0 Å². The lowest BCUT2D eigenvalue weighted by Crippen LogP contribution is -2.12. The van der Waals surface area contributed by atoms with E-state index in [0.29, 0.717) is 11.3 Å². The molecule has 3 nitrogen and oxygen atoms in total. The molecule has 0 aliphatic carbocycles. The van der Waals surface area contributed by atoms with E-state index in [1.807, 2.05) is 13.0 Å². The third-order valence-electron chi connectivity index (χ3n) is 2.28. The van der Waals surface area contributed by atoms with Crippen LogP contribution in [0.15, 0.2) is 29.8 Å². The number of carbonyl (C=O) groups is 1. The molecule has 0 aliphatic heterocycles. The maximum absolute atomic E-state index is 13.4. The number of anilines is 1. The van der Waals surface area contributed by atoms with Crippen LogP contribution in [0.3, 0.4) is 0 Å². The normalized spacial score (nSPS) is 11.2. The third-order valence-corrected chi connectivity index (χ3v) is 2.28. The summed E-state index contributed by atoms with van der Waals surface area (Å²) in [6, 6.07) is 4.30. The van der Waals surface area contributed by atoms with Gasteiger partial charge in [-0.05, 0) is 25.5 Å². The number of nitrogens with one attached hydrogen (secondary N) is 1. The van der Waals surface area contributed by atoms with Gasteiger partial charge in [0.25, 0.3) is 5.91 Å². The van der Waals surface area contributed by atoms with Crippen molar-refractivity contribution in [2.24, 2.45) is 0 Å². The first kappa shape index (κ1) is 13.2. The zero-order valence-corrected chi connectivity index (χ0v) is 10.2. The highest BCUT2D eigenvalue weighted by Crippen LogP contribution is 2.20. The van der Waals surface area contributed by atoms with E-state index in [2.05, 4.69) is 5.32 Å². The van der Waals surface area contributed by atoms with Gasteiger partial charge >= 0.3 is 0 Å². The van der Waals surface area contributed by atoms with Crippen molar-refractivity contribution < 1.29 is 13.9 Å². The lowest BCUT2D eigenvalue weighted by atomic mass is 10.2. The Morgan fingerprint density at radius 3 is 2.76 bits per heavy atom. The van der Waals surface area contributed by atoms with Gasteiger partial charge < -0.3 is 10.1 Å². The largest absolute Gasteiger partial charge is 0.494 e. The summed E-state index contributed by atoms with van der Waals surface area (Å²) < 4.78 is 18.2. The molecule has 1 aromatic rings. The second kappa shape index (κ2) is 6.03. The van der Waals surface area contributed by atoms with Gasteiger partial charge in [0.15, 0.2) is 11.6 Å². The highest BCUT2D eigenvalue weighted by Gasteiger charge is 2.07. The summed E-state index contributed by atoms with van der Waals surface area (Å²) in [6.45, 7) is 3.67. The molecule has 0 fully saturated rings. The number of benzene rings is 1. The summed E-state index contributed by atoms with van der Waals surface area (Å²) in [7, 11) is 1.39. The van der Waals surface area contributed by atoms with Crippen molar-refractivity contribution in [3.8, 4) is 5.75 Å². The predicted molar refractivity (Wildman–Crippen MR) is 65.6 cm³/mol. The Bertz CT molecular complexity index is 441. The van der Waals surface area contributed by atoms with Crippen molar-refractivity contribution >= 4 is 11.6 Å². The molecule has 4 heteroatoms. The molecular formula is C13H16FNO2. The van der Waals surface area contributed by atoms with Crippen LogP contribution in [0.2, 0.25) is 0 Å². The Morgan fingerprint density at radius 1 is 1.53 bits per heavy atom. The van der Waals surface area contributed by atoms with Crippen LogP contribution in [0, 0.1) is 5.82 Å². The minimum Gasteiger partial charge on any atom is -0.494 e. The molecule has 92 valence electrons. The van der Waals surface area contributed by atoms with E-state index in [1.165, 1.54) is 19.2 Å². The zero-order valence-electron chi connectivity index (χ0n) is 10.2. The van der Waals surface area contributed by atoms with Crippen LogP contribution < -0.4 is 10.1 Å². The topological polar surface area (TPSA) is 38.3 Å². The molecule has 1 N–H and O–H groups in total. The third kappa shape index (κ3) is 3.59. The lowest BCUT2D eigenvalue weighted by molar-refractivity contribution is -0.112. The van der Waals surface area contributed by atoms with Crippen molar-refractivity contribution in [3.63, 3.8) is 0 Å². The number of carbonyl (C=O) groups excluding carboxylic acids is 1. The highest BCUT2D eigenvalue weighted by atomic mass is 19.1. The van der Waals surface area contributed by atoms with E-state index < -0.39 is 5.82 Å². The van der Waals surface area contributed by atoms with Crippen LogP contribution in [-0.4, -0.2) is 13.0 Å². The summed E-state index contributed by atoms with van der Waals surface area (Å²) in [5.74, 6) is -0.567. The quantitative estimate of drug-likeness (QED) is 0.817. The van der Waals surface area contributed by atoms with Gasteiger partial charge in [0.1, 0.15) is 0 Å². The predicted octanol–water partition coefficient (Wildman–Crippen LogP) is 3.13. The zero-order chi connectivity index (χ0) is 12.8. The summed E-state index contributed by atoms with van der Waals surface area (Å²) in [6.07, 6.45) is 2.60. The SMILES string of the molecule is CCC=C(C)C(=O)Nc1ccc(OC)c(F)c1. The first-order valence-corrected chi connectivity index (χ1v) is 5.40. The number of rotatable bonds is 4. The fraction of sp³-hybridized carbons (Fsp3) is 0.308. The van der Waals surface area contributed by atoms with E-state index in [4.69, 9.17) is 4.74 Å². The molecule has 0 spiro atoms. The summed E-state index contributed by atoms with van der Waals surface area (Å²) >= 11 is 0. The number of allylic oxidation sites excluding steroid dienone is 1. The van der Waals surface area contributed by atoms with Crippen LogP contribution in [0.25, 0.3) is 0 Å². The van der Waals surface area contributed by atoms with E-state index in [9.17, 15) is 9.18 Å². The second-order valence-electron chi connectivity index (χ2n) is 3.60. The average molecular weight is 237 g/mol. The fourth-order valence-corrected chi connectivity index (χ4v) is 1.37. The number of amides is 1.